The van der Waals surface area contributed by atoms with Crippen LogP contribution in [0.15, 0.2) is 15.0 Å². The summed E-state index contributed by atoms with van der Waals surface area (Å²) in [6.45, 7) is 0.860. The van der Waals surface area contributed by atoms with Gasteiger partial charge >= 0.3 is 0 Å². The molecule has 0 saturated heterocycles. The molecule has 2 heterocycles. The monoisotopic (exact) mass is 213 g/mol. The average Bonchev–Trinajstić information content (AvgIpc) is 2.60. The highest BCUT2D eigenvalue weighted by Crippen LogP contribution is 2.17. The second kappa shape index (κ2) is 3.96. The zero-order chi connectivity index (χ0) is 9.97. The van der Waals surface area contributed by atoms with Crippen LogP contribution < -0.4 is 5.73 Å². The highest BCUT2D eigenvalue weighted by atomic mass is 35.5. The van der Waals surface area contributed by atoms with E-state index >= 15 is 0 Å². The van der Waals surface area contributed by atoms with E-state index < -0.39 is 0 Å². The standard InChI is InChI=1S/C8H12ClN5/c9-2-1-3-14-5-13-6-7(10)11-4-12-8(6)14/h4-6,8H,1-3H2,(H2,10,11,12). The fraction of sp³-hybridized carbons (Fsp3) is 0.625. The van der Waals surface area contributed by atoms with Gasteiger partial charge in [-0.15, -0.1) is 11.6 Å². The van der Waals surface area contributed by atoms with E-state index in [2.05, 4.69) is 15.0 Å². The molecule has 2 rings (SSSR count). The minimum atomic E-state index is -0.102. The number of aliphatic imine (C=N–C) groups is 3. The number of alkyl halides is 1. The van der Waals surface area contributed by atoms with Gasteiger partial charge in [0.15, 0.2) is 6.17 Å². The Kier molecular flexibility index (Phi) is 2.67. The van der Waals surface area contributed by atoms with Gasteiger partial charge in [-0.05, 0) is 6.42 Å². The molecule has 5 nitrogen and oxygen atoms in total. The summed E-state index contributed by atoms with van der Waals surface area (Å²) in [5.74, 6) is 1.18. The molecule has 0 spiro atoms. The zero-order valence-corrected chi connectivity index (χ0v) is 8.43. The highest BCUT2D eigenvalue weighted by molar-refractivity contribution is 6.17. The topological polar surface area (TPSA) is 66.3 Å². The zero-order valence-electron chi connectivity index (χ0n) is 7.67. The van der Waals surface area contributed by atoms with Crippen LogP contribution in [0.25, 0.3) is 0 Å². The third kappa shape index (κ3) is 1.59. The lowest BCUT2D eigenvalue weighted by atomic mass is 10.2. The number of amidine groups is 1. The molecule has 0 fully saturated rings. The van der Waals surface area contributed by atoms with Crippen LogP contribution in [0.2, 0.25) is 0 Å². The first kappa shape index (κ1) is 9.45. The summed E-state index contributed by atoms with van der Waals surface area (Å²) < 4.78 is 0. The quantitative estimate of drug-likeness (QED) is 0.674. The average molecular weight is 214 g/mol. The summed E-state index contributed by atoms with van der Waals surface area (Å²) in [6.07, 6.45) is 4.20. The summed E-state index contributed by atoms with van der Waals surface area (Å²) in [5.41, 5.74) is 5.70. The van der Waals surface area contributed by atoms with E-state index in [1.807, 2.05) is 4.90 Å². The molecule has 2 unspecified atom stereocenters. The Hall–Kier alpha value is -1.10. The number of nitrogens with zero attached hydrogens (tertiary/aromatic N) is 4. The van der Waals surface area contributed by atoms with E-state index in [4.69, 9.17) is 17.3 Å². The number of halogens is 1. The molecule has 2 aliphatic rings. The van der Waals surface area contributed by atoms with E-state index in [-0.39, 0.29) is 12.2 Å². The third-order valence-electron chi connectivity index (χ3n) is 2.28. The SMILES string of the molecule is NC1=NC=NC2C1N=CN2CCCCl. The molecule has 2 atom stereocenters. The maximum Gasteiger partial charge on any atom is 0.153 e. The third-order valence-corrected chi connectivity index (χ3v) is 2.54. The molecule has 6 heteroatoms. The molecule has 0 aliphatic carbocycles. The molecule has 0 aromatic carbocycles. The molecule has 76 valence electrons. The number of hydrogen-bond donors (Lipinski definition) is 1. The number of nitrogens with two attached hydrogens (primary N) is 1. The lowest BCUT2D eigenvalue weighted by molar-refractivity contribution is 0.342. The van der Waals surface area contributed by atoms with E-state index in [1.54, 1.807) is 6.34 Å². The Morgan fingerprint density at radius 3 is 3.14 bits per heavy atom. The Balaban J connectivity index is 2.03. The van der Waals surface area contributed by atoms with Crippen molar-refractivity contribution < 1.29 is 0 Å². The first-order valence-electron chi connectivity index (χ1n) is 4.53. The first-order valence-corrected chi connectivity index (χ1v) is 5.06. The Morgan fingerprint density at radius 2 is 2.36 bits per heavy atom. The van der Waals surface area contributed by atoms with Gasteiger partial charge in [-0.25, -0.2) is 9.98 Å². The van der Waals surface area contributed by atoms with Gasteiger partial charge in [0.1, 0.15) is 18.2 Å². The largest absolute Gasteiger partial charge is 0.385 e. The molecule has 2 aliphatic heterocycles. The van der Waals surface area contributed by atoms with Crippen molar-refractivity contribution in [1.82, 2.24) is 4.90 Å². The molecule has 2 N–H and O–H groups in total. The first-order chi connectivity index (χ1) is 6.83. The van der Waals surface area contributed by atoms with Crippen LogP contribution in [0.4, 0.5) is 0 Å². The molecule has 0 aromatic heterocycles. The maximum absolute atomic E-state index is 5.70. The van der Waals surface area contributed by atoms with Gasteiger partial charge in [0.05, 0.1) is 6.34 Å². The summed E-state index contributed by atoms with van der Waals surface area (Å²) in [7, 11) is 0. The van der Waals surface area contributed by atoms with Crippen molar-refractivity contribution in [2.24, 2.45) is 20.7 Å². The van der Waals surface area contributed by atoms with Gasteiger partial charge in [0.25, 0.3) is 0 Å². The fourth-order valence-corrected chi connectivity index (χ4v) is 1.68. The maximum atomic E-state index is 5.70. The van der Waals surface area contributed by atoms with Crippen molar-refractivity contribution >= 4 is 30.1 Å². The van der Waals surface area contributed by atoms with Gasteiger partial charge in [-0.1, -0.05) is 0 Å². The Labute approximate surface area is 87.4 Å². The molecule has 0 saturated carbocycles. The van der Waals surface area contributed by atoms with Crippen LogP contribution in [0, 0.1) is 0 Å². The lowest BCUT2D eigenvalue weighted by Gasteiger charge is -2.25. The van der Waals surface area contributed by atoms with Crippen LogP contribution in [0.5, 0.6) is 0 Å². The van der Waals surface area contributed by atoms with Crippen LogP contribution in [-0.4, -0.2) is 48.0 Å². The second-order valence-electron chi connectivity index (χ2n) is 3.22. The minimum Gasteiger partial charge on any atom is -0.385 e. The summed E-state index contributed by atoms with van der Waals surface area (Å²) in [5, 5.41) is 0. The van der Waals surface area contributed by atoms with E-state index in [0.29, 0.717) is 11.7 Å². The lowest BCUT2D eigenvalue weighted by Crippen LogP contribution is -2.44. The fourth-order valence-electron chi connectivity index (χ4n) is 1.56. The smallest absolute Gasteiger partial charge is 0.153 e. The van der Waals surface area contributed by atoms with Crippen molar-refractivity contribution in [2.75, 3.05) is 12.4 Å². The summed E-state index contributed by atoms with van der Waals surface area (Å²) in [4.78, 5) is 14.5. The van der Waals surface area contributed by atoms with Crippen LogP contribution in [0.1, 0.15) is 6.42 Å². The predicted octanol–water partition coefficient (Wildman–Crippen LogP) is 0.0530. The van der Waals surface area contributed by atoms with Crippen molar-refractivity contribution in [2.45, 2.75) is 18.6 Å². The normalized spacial score (nSPS) is 29.2. The van der Waals surface area contributed by atoms with Crippen LogP contribution in [-0.2, 0) is 0 Å². The van der Waals surface area contributed by atoms with Gasteiger partial charge in [0.2, 0.25) is 0 Å². The molecular formula is C8H12ClN5. The van der Waals surface area contributed by atoms with Crippen LogP contribution in [0.3, 0.4) is 0 Å². The van der Waals surface area contributed by atoms with Gasteiger partial charge in [-0.3, -0.25) is 4.99 Å². The Bertz CT molecular complexity index is 298. The molecule has 0 amide bonds. The Morgan fingerprint density at radius 1 is 1.50 bits per heavy atom. The van der Waals surface area contributed by atoms with Crippen molar-refractivity contribution in [3.05, 3.63) is 0 Å². The molecule has 0 bridgehead atoms. The van der Waals surface area contributed by atoms with Crippen LogP contribution >= 0.6 is 11.6 Å². The van der Waals surface area contributed by atoms with Gasteiger partial charge in [-0.2, -0.15) is 0 Å². The van der Waals surface area contributed by atoms with Crippen molar-refractivity contribution in [3.8, 4) is 0 Å². The second-order valence-corrected chi connectivity index (χ2v) is 3.60. The molecular weight excluding hydrogens is 202 g/mol. The number of fused-ring (bicyclic) bond motifs is 1. The van der Waals surface area contributed by atoms with E-state index in [9.17, 15) is 0 Å². The van der Waals surface area contributed by atoms with Crippen molar-refractivity contribution in [3.63, 3.8) is 0 Å². The minimum absolute atomic E-state index is 0.00397. The molecule has 0 aromatic rings. The van der Waals surface area contributed by atoms with E-state index in [0.717, 1.165) is 13.0 Å². The summed E-state index contributed by atoms with van der Waals surface area (Å²) >= 11 is 5.63. The van der Waals surface area contributed by atoms with Gasteiger partial charge in [0, 0.05) is 12.4 Å². The summed E-state index contributed by atoms with van der Waals surface area (Å²) in [6, 6.07) is -0.102. The number of rotatable bonds is 3. The van der Waals surface area contributed by atoms with Crippen molar-refractivity contribution in [1.29, 1.82) is 0 Å². The molecule has 0 radical (unpaired) electrons. The highest BCUT2D eigenvalue weighted by Gasteiger charge is 2.33. The van der Waals surface area contributed by atoms with E-state index in [1.165, 1.54) is 6.34 Å². The predicted molar refractivity (Wildman–Crippen MR) is 58.2 cm³/mol. The van der Waals surface area contributed by atoms with Gasteiger partial charge < -0.3 is 10.6 Å². The number of hydrogen-bond acceptors (Lipinski definition) is 5. The molecule has 14 heavy (non-hydrogen) atoms.